The van der Waals surface area contributed by atoms with Crippen molar-refractivity contribution in [2.75, 3.05) is 0 Å². The maximum absolute atomic E-state index is 11.3. The van der Waals surface area contributed by atoms with Crippen LogP contribution in [-0.4, -0.2) is 18.2 Å². The molecule has 0 bridgehead atoms. The van der Waals surface area contributed by atoms with E-state index >= 15 is 0 Å². The fourth-order valence-electron chi connectivity index (χ4n) is 1.20. The second-order valence-electron chi connectivity index (χ2n) is 3.18. The molecule has 17 heavy (non-hydrogen) atoms. The first-order chi connectivity index (χ1) is 8.15. The molecular weight excluding hydrogens is 226 g/mol. The lowest BCUT2D eigenvalue weighted by atomic mass is 10.3. The van der Waals surface area contributed by atoms with Crippen LogP contribution in [-0.2, 0) is 14.3 Å². The molecule has 0 saturated heterocycles. The molecule has 1 atom stereocenters. The van der Waals surface area contributed by atoms with E-state index in [4.69, 9.17) is 15.2 Å². The second-order valence-corrected chi connectivity index (χ2v) is 3.18. The van der Waals surface area contributed by atoms with Crippen molar-refractivity contribution in [1.82, 2.24) is 0 Å². The van der Waals surface area contributed by atoms with Crippen LogP contribution >= 0.6 is 0 Å². The van der Waals surface area contributed by atoms with Gasteiger partial charge in [0.1, 0.15) is 5.75 Å². The molecule has 1 heterocycles. The molecule has 2 N–H and O–H groups in total. The fraction of sp³-hybridized carbons (Fsp3) is 0.0909. The first-order valence-electron chi connectivity index (χ1n) is 4.76. The van der Waals surface area contributed by atoms with E-state index in [9.17, 15) is 9.59 Å². The quantitative estimate of drug-likeness (QED) is 0.606. The monoisotopic (exact) mass is 235 g/mol. The van der Waals surface area contributed by atoms with Crippen LogP contribution < -0.4 is 10.5 Å². The summed E-state index contributed by atoms with van der Waals surface area (Å²) < 4.78 is 14.2. The molecular formula is C11H9NO5. The lowest BCUT2D eigenvalue weighted by Crippen LogP contribution is -2.26. The summed E-state index contributed by atoms with van der Waals surface area (Å²) in [5, 5.41) is 0. The van der Waals surface area contributed by atoms with Gasteiger partial charge in [0.15, 0.2) is 5.88 Å². The molecule has 0 aliphatic carbocycles. The summed E-state index contributed by atoms with van der Waals surface area (Å²) in [4.78, 5) is 22.4. The average molecular weight is 235 g/mol. The molecule has 0 radical (unpaired) electrons. The summed E-state index contributed by atoms with van der Waals surface area (Å²) in [5.41, 5.74) is 5.23. The third-order valence-electron chi connectivity index (χ3n) is 1.91. The van der Waals surface area contributed by atoms with Crippen LogP contribution in [0.4, 0.5) is 4.79 Å². The Labute approximate surface area is 96.6 Å². The van der Waals surface area contributed by atoms with Crippen LogP contribution in [0.25, 0.3) is 0 Å². The molecule has 88 valence electrons. The van der Waals surface area contributed by atoms with E-state index in [0.717, 1.165) is 6.08 Å². The zero-order valence-electron chi connectivity index (χ0n) is 8.66. The van der Waals surface area contributed by atoms with Crippen LogP contribution in [0.1, 0.15) is 0 Å². The number of hydrogen-bond acceptors (Lipinski definition) is 6. The van der Waals surface area contributed by atoms with Crippen molar-refractivity contribution in [3.63, 3.8) is 0 Å². The number of ether oxygens (including phenoxy) is 3. The molecule has 0 fully saturated rings. The van der Waals surface area contributed by atoms with Gasteiger partial charge in [0, 0.05) is 6.08 Å². The summed E-state index contributed by atoms with van der Waals surface area (Å²) in [5.74, 6) is -0.316. The molecule has 2 rings (SSSR count). The number of rotatable bonds is 2. The number of para-hydroxylation sites is 1. The maximum atomic E-state index is 11.3. The molecule has 0 spiro atoms. The van der Waals surface area contributed by atoms with E-state index in [1.165, 1.54) is 0 Å². The van der Waals surface area contributed by atoms with Crippen molar-refractivity contribution in [2.45, 2.75) is 6.29 Å². The van der Waals surface area contributed by atoms with Gasteiger partial charge in [-0.25, -0.2) is 4.79 Å². The fourth-order valence-corrected chi connectivity index (χ4v) is 1.20. The summed E-state index contributed by atoms with van der Waals surface area (Å²) in [6.07, 6.45) is -1.34. The van der Waals surface area contributed by atoms with Gasteiger partial charge in [-0.05, 0) is 12.1 Å². The van der Waals surface area contributed by atoms with Crippen molar-refractivity contribution in [3.05, 3.63) is 42.3 Å². The molecule has 6 heteroatoms. The first-order valence-corrected chi connectivity index (χ1v) is 4.76. The lowest BCUT2D eigenvalue weighted by molar-refractivity contribution is -0.140. The standard InChI is InChI=1S/C11H9NO5/c12-9-6-8(13)10(16-9)17-11(14)15-7-4-2-1-3-5-7/h1-6,10H,12H2. The van der Waals surface area contributed by atoms with E-state index in [0.29, 0.717) is 5.75 Å². The van der Waals surface area contributed by atoms with Crippen molar-refractivity contribution < 1.29 is 23.8 Å². The number of nitrogens with two attached hydrogens (primary N) is 1. The van der Waals surface area contributed by atoms with Gasteiger partial charge in [-0.2, -0.15) is 0 Å². The third kappa shape index (κ3) is 2.75. The molecule has 1 aliphatic heterocycles. The van der Waals surface area contributed by atoms with Gasteiger partial charge in [0.2, 0.25) is 5.78 Å². The van der Waals surface area contributed by atoms with Crippen LogP contribution in [0, 0.1) is 0 Å². The van der Waals surface area contributed by atoms with Crippen LogP contribution in [0.3, 0.4) is 0 Å². The highest BCUT2D eigenvalue weighted by molar-refractivity contribution is 5.95. The van der Waals surface area contributed by atoms with E-state index in [1.807, 2.05) is 0 Å². The van der Waals surface area contributed by atoms with Crippen LogP contribution in [0.15, 0.2) is 42.3 Å². The zero-order valence-corrected chi connectivity index (χ0v) is 8.66. The summed E-state index contributed by atoms with van der Waals surface area (Å²) in [7, 11) is 0. The lowest BCUT2D eigenvalue weighted by Gasteiger charge is -2.11. The highest BCUT2D eigenvalue weighted by Crippen LogP contribution is 2.14. The van der Waals surface area contributed by atoms with Crippen molar-refractivity contribution in [1.29, 1.82) is 0 Å². The minimum atomic E-state index is -1.36. The minimum Gasteiger partial charge on any atom is -0.432 e. The van der Waals surface area contributed by atoms with Crippen molar-refractivity contribution in [3.8, 4) is 5.75 Å². The van der Waals surface area contributed by atoms with Gasteiger partial charge >= 0.3 is 12.4 Å². The largest absolute Gasteiger partial charge is 0.517 e. The highest BCUT2D eigenvalue weighted by atomic mass is 16.8. The second kappa shape index (κ2) is 4.56. The Bertz CT molecular complexity index is 468. The van der Waals surface area contributed by atoms with E-state index in [1.54, 1.807) is 30.3 Å². The Morgan fingerprint density at radius 2 is 2.00 bits per heavy atom. The predicted molar refractivity (Wildman–Crippen MR) is 55.7 cm³/mol. The van der Waals surface area contributed by atoms with Crippen molar-refractivity contribution >= 4 is 11.9 Å². The molecule has 1 aliphatic rings. The molecule has 0 amide bonds. The van der Waals surface area contributed by atoms with E-state index < -0.39 is 18.2 Å². The van der Waals surface area contributed by atoms with Gasteiger partial charge in [-0.3, -0.25) is 4.79 Å². The third-order valence-corrected chi connectivity index (χ3v) is 1.91. The van der Waals surface area contributed by atoms with Gasteiger partial charge < -0.3 is 19.9 Å². The Kier molecular flexibility index (Phi) is 2.95. The average Bonchev–Trinajstić information content (AvgIpc) is 2.58. The predicted octanol–water partition coefficient (Wildman–Crippen LogP) is 0.927. The molecule has 1 aromatic rings. The van der Waals surface area contributed by atoms with Gasteiger partial charge in [-0.15, -0.1) is 0 Å². The molecule has 1 aromatic carbocycles. The minimum absolute atomic E-state index is 0.0903. The Morgan fingerprint density at radius 1 is 1.29 bits per heavy atom. The first kappa shape index (κ1) is 11.0. The zero-order chi connectivity index (χ0) is 12.3. The molecule has 0 aromatic heterocycles. The van der Waals surface area contributed by atoms with Crippen molar-refractivity contribution in [2.24, 2.45) is 5.73 Å². The number of carbonyl (C=O) groups excluding carboxylic acids is 2. The van der Waals surface area contributed by atoms with E-state index in [2.05, 4.69) is 4.74 Å². The maximum Gasteiger partial charge on any atom is 0.517 e. The summed E-state index contributed by atoms with van der Waals surface area (Å²) in [6, 6.07) is 8.31. The highest BCUT2D eigenvalue weighted by Gasteiger charge is 2.30. The van der Waals surface area contributed by atoms with Crippen LogP contribution in [0.2, 0.25) is 0 Å². The normalized spacial score (nSPS) is 18.2. The number of carbonyl (C=O) groups is 2. The SMILES string of the molecule is NC1=CC(=O)C(OC(=O)Oc2ccccc2)O1. The van der Waals surface area contributed by atoms with Gasteiger partial charge in [0.05, 0.1) is 0 Å². The number of benzene rings is 1. The Hall–Kier alpha value is -2.50. The molecule has 0 saturated carbocycles. The Morgan fingerprint density at radius 3 is 2.59 bits per heavy atom. The van der Waals surface area contributed by atoms with Crippen LogP contribution in [0.5, 0.6) is 5.75 Å². The Balaban J connectivity index is 1.89. The number of hydrogen-bond donors (Lipinski definition) is 1. The van der Waals surface area contributed by atoms with E-state index in [-0.39, 0.29) is 5.88 Å². The topological polar surface area (TPSA) is 87.9 Å². The number of ketones is 1. The molecule has 6 nitrogen and oxygen atoms in total. The van der Waals surface area contributed by atoms with Gasteiger partial charge in [-0.1, -0.05) is 18.2 Å². The summed E-state index contributed by atoms with van der Waals surface area (Å²) in [6.45, 7) is 0. The molecule has 1 unspecified atom stereocenters. The smallest absolute Gasteiger partial charge is 0.432 e. The van der Waals surface area contributed by atoms with Gasteiger partial charge in [0.25, 0.3) is 0 Å². The summed E-state index contributed by atoms with van der Waals surface area (Å²) >= 11 is 0.